The molecule has 0 bridgehead atoms. The molecule has 0 aliphatic heterocycles. The number of fused-ring (bicyclic) bond motifs is 2. The summed E-state index contributed by atoms with van der Waals surface area (Å²) in [6, 6.07) is 26.9. The van der Waals surface area contributed by atoms with Crippen molar-refractivity contribution < 1.29 is 18.3 Å². The lowest BCUT2D eigenvalue weighted by Gasteiger charge is -2.14. The predicted molar refractivity (Wildman–Crippen MR) is 149 cm³/mol. The van der Waals surface area contributed by atoms with Gasteiger partial charge < -0.3 is 9.15 Å². The Morgan fingerprint density at radius 2 is 1.74 bits per heavy atom. The molecule has 9 heteroatoms. The standard InChI is InChI=1S/C30H18FN3O4S/c31-21-13-14-25-27(16-21)39-30(33-25)34(32-17-20-18-37-26-12-5-4-11-24(26)28(20)35)29(36)19-7-6-10-23(15-19)38-22-8-2-1-3-9-22/h1-18H/b32-17+. The summed E-state index contributed by atoms with van der Waals surface area (Å²) in [6.45, 7) is 0. The first kappa shape index (κ1) is 24.2. The summed E-state index contributed by atoms with van der Waals surface area (Å²) in [4.78, 5) is 31.2. The van der Waals surface area contributed by atoms with Crippen LogP contribution in [0.4, 0.5) is 9.52 Å². The minimum Gasteiger partial charge on any atom is -0.463 e. The molecule has 39 heavy (non-hydrogen) atoms. The number of para-hydroxylation sites is 2. The van der Waals surface area contributed by atoms with Gasteiger partial charge in [0, 0.05) is 5.56 Å². The van der Waals surface area contributed by atoms with Gasteiger partial charge in [-0.3, -0.25) is 9.59 Å². The molecule has 0 radical (unpaired) electrons. The number of halogens is 1. The van der Waals surface area contributed by atoms with E-state index in [4.69, 9.17) is 9.15 Å². The number of carbonyl (C=O) groups excluding carboxylic acids is 1. The topological polar surface area (TPSA) is 85.0 Å². The molecule has 7 nitrogen and oxygen atoms in total. The molecule has 0 fully saturated rings. The van der Waals surface area contributed by atoms with Gasteiger partial charge in [-0.05, 0) is 60.7 Å². The summed E-state index contributed by atoms with van der Waals surface area (Å²) in [5.74, 6) is 0.138. The van der Waals surface area contributed by atoms with Gasteiger partial charge >= 0.3 is 0 Å². The molecule has 2 heterocycles. The first-order valence-electron chi connectivity index (χ1n) is 11.8. The van der Waals surface area contributed by atoms with Gasteiger partial charge in [0.25, 0.3) is 5.91 Å². The van der Waals surface area contributed by atoms with Gasteiger partial charge in [-0.1, -0.05) is 47.7 Å². The highest BCUT2D eigenvalue weighted by Crippen LogP contribution is 2.31. The first-order valence-corrected chi connectivity index (χ1v) is 12.6. The maximum atomic E-state index is 13.8. The van der Waals surface area contributed by atoms with Crippen LogP contribution in [-0.2, 0) is 0 Å². The van der Waals surface area contributed by atoms with Gasteiger partial charge in [-0.25, -0.2) is 9.37 Å². The first-order chi connectivity index (χ1) is 19.0. The number of amides is 1. The number of aromatic nitrogens is 1. The van der Waals surface area contributed by atoms with E-state index in [1.807, 2.05) is 18.2 Å². The highest BCUT2D eigenvalue weighted by atomic mass is 32.1. The number of rotatable bonds is 6. The molecule has 0 unspecified atom stereocenters. The van der Waals surface area contributed by atoms with Crippen molar-refractivity contribution in [3.63, 3.8) is 0 Å². The van der Waals surface area contributed by atoms with Crippen LogP contribution in [0.25, 0.3) is 21.2 Å². The Kier molecular flexibility index (Phi) is 6.40. The number of hydrogen-bond donors (Lipinski definition) is 0. The number of nitrogens with zero attached hydrogens (tertiary/aromatic N) is 3. The molecule has 0 aliphatic carbocycles. The van der Waals surface area contributed by atoms with E-state index in [9.17, 15) is 14.0 Å². The highest BCUT2D eigenvalue weighted by molar-refractivity contribution is 7.22. The third-order valence-electron chi connectivity index (χ3n) is 5.79. The number of thiazole rings is 1. The summed E-state index contributed by atoms with van der Waals surface area (Å²) in [5, 5.41) is 6.03. The molecule has 190 valence electrons. The summed E-state index contributed by atoms with van der Waals surface area (Å²) in [5.41, 5.74) is 1.08. The van der Waals surface area contributed by atoms with Crippen molar-refractivity contribution in [1.29, 1.82) is 0 Å². The number of hydrogen-bond acceptors (Lipinski definition) is 7. The zero-order valence-electron chi connectivity index (χ0n) is 20.2. The van der Waals surface area contributed by atoms with E-state index >= 15 is 0 Å². The maximum Gasteiger partial charge on any atom is 0.280 e. The molecule has 1 amide bonds. The van der Waals surface area contributed by atoms with Crippen LogP contribution in [0.3, 0.4) is 0 Å². The lowest BCUT2D eigenvalue weighted by molar-refractivity contribution is 0.0987. The Bertz CT molecular complexity index is 1920. The molecule has 0 N–H and O–H groups in total. The lowest BCUT2D eigenvalue weighted by Crippen LogP contribution is -2.26. The number of anilines is 1. The van der Waals surface area contributed by atoms with Crippen LogP contribution >= 0.6 is 11.3 Å². The van der Waals surface area contributed by atoms with Crippen molar-refractivity contribution in [1.82, 2.24) is 4.98 Å². The Hall–Kier alpha value is -5.15. The number of ether oxygens (including phenoxy) is 1. The van der Waals surface area contributed by atoms with E-state index in [0.29, 0.717) is 32.7 Å². The second-order valence-corrected chi connectivity index (χ2v) is 9.44. The van der Waals surface area contributed by atoms with Crippen molar-refractivity contribution in [2.45, 2.75) is 0 Å². The Balaban J connectivity index is 1.40. The molecule has 0 spiro atoms. The Labute approximate surface area is 225 Å². The van der Waals surface area contributed by atoms with E-state index in [0.717, 1.165) is 16.3 Å². The van der Waals surface area contributed by atoms with Crippen LogP contribution in [-0.4, -0.2) is 17.1 Å². The van der Waals surface area contributed by atoms with Crippen LogP contribution in [0.1, 0.15) is 15.9 Å². The monoisotopic (exact) mass is 535 g/mol. The maximum absolute atomic E-state index is 13.8. The second-order valence-electron chi connectivity index (χ2n) is 8.43. The molecule has 6 rings (SSSR count). The quantitative estimate of drug-likeness (QED) is 0.169. The van der Waals surface area contributed by atoms with Crippen LogP contribution in [0.15, 0.2) is 118 Å². The average Bonchev–Trinajstić information content (AvgIpc) is 3.38. The van der Waals surface area contributed by atoms with Crippen molar-refractivity contribution in [3.05, 3.63) is 130 Å². The van der Waals surface area contributed by atoms with Gasteiger partial charge in [0.15, 0.2) is 0 Å². The summed E-state index contributed by atoms with van der Waals surface area (Å²) < 4.78 is 25.8. The zero-order valence-corrected chi connectivity index (χ0v) is 21.0. The van der Waals surface area contributed by atoms with E-state index in [2.05, 4.69) is 10.1 Å². The summed E-state index contributed by atoms with van der Waals surface area (Å²) in [6.07, 6.45) is 2.55. The SMILES string of the molecule is O=C(c1cccc(Oc2ccccc2)c1)N(/N=C/c1coc2ccccc2c1=O)c1nc2ccc(F)cc2s1. The molecule has 0 aliphatic rings. The third kappa shape index (κ3) is 5.03. The van der Waals surface area contributed by atoms with Crippen molar-refractivity contribution in [3.8, 4) is 11.5 Å². The van der Waals surface area contributed by atoms with Crippen LogP contribution in [0.5, 0.6) is 11.5 Å². The minimum absolute atomic E-state index is 0.153. The molecule has 6 aromatic rings. The lowest BCUT2D eigenvalue weighted by atomic mass is 10.2. The number of hydrazone groups is 1. The molecular formula is C30H18FN3O4S. The van der Waals surface area contributed by atoms with Gasteiger partial charge in [0.2, 0.25) is 10.6 Å². The van der Waals surface area contributed by atoms with E-state index < -0.39 is 11.7 Å². The predicted octanol–water partition coefficient (Wildman–Crippen LogP) is 7.02. The van der Waals surface area contributed by atoms with Crippen molar-refractivity contribution in [2.75, 3.05) is 5.01 Å². The molecule has 0 saturated carbocycles. The normalized spacial score (nSPS) is 11.3. The molecule has 0 saturated heterocycles. The van der Waals surface area contributed by atoms with Gasteiger partial charge in [0.05, 0.1) is 27.4 Å². The fourth-order valence-electron chi connectivity index (χ4n) is 3.91. The van der Waals surface area contributed by atoms with Crippen molar-refractivity contribution >= 4 is 49.8 Å². The molecule has 2 aromatic heterocycles. The van der Waals surface area contributed by atoms with Gasteiger partial charge in [-0.2, -0.15) is 10.1 Å². The van der Waals surface area contributed by atoms with Gasteiger partial charge in [0.1, 0.15) is 29.2 Å². The molecule has 0 atom stereocenters. The highest BCUT2D eigenvalue weighted by Gasteiger charge is 2.22. The fourth-order valence-corrected chi connectivity index (χ4v) is 4.85. The smallest absolute Gasteiger partial charge is 0.280 e. The van der Waals surface area contributed by atoms with Gasteiger partial charge in [-0.15, -0.1) is 0 Å². The summed E-state index contributed by atoms with van der Waals surface area (Å²) >= 11 is 1.10. The van der Waals surface area contributed by atoms with E-state index in [-0.39, 0.29) is 21.7 Å². The molecular weight excluding hydrogens is 517 g/mol. The minimum atomic E-state index is -0.519. The number of carbonyl (C=O) groups is 1. The fraction of sp³-hybridized carbons (Fsp3) is 0. The molecule has 4 aromatic carbocycles. The average molecular weight is 536 g/mol. The zero-order chi connectivity index (χ0) is 26.8. The Morgan fingerprint density at radius 3 is 2.62 bits per heavy atom. The van der Waals surface area contributed by atoms with E-state index in [1.165, 1.54) is 30.7 Å². The van der Waals surface area contributed by atoms with E-state index in [1.54, 1.807) is 60.7 Å². The van der Waals surface area contributed by atoms with Crippen LogP contribution in [0, 0.1) is 5.82 Å². The number of benzene rings is 4. The Morgan fingerprint density at radius 1 is 0.949 bits per heavy atom. The van der Waals surface area contributed by atoms with Crippen LogP contribution in [0.2, 0.25) is 0 Å². The second kappa shape index (κ2) is 10.3. The van der Waals surface area contributed by atoms with Crippen molar-refractivity contribution in [2.24, 2.45) is 5.10 Å². The largest absolute Gasteiger partial charge is 0.463 e. The van der Waals surface area contributed by atoms with Crippen LogP contribution < -0.4 is 15.2 Å². The summed E-state index contributed by atoms with van der Waals surface area (Å²) in [7, 11) is 0. The third-order valence-corrected chi connectivity index (χ3v) is 6.79.